The second-order valence-electron chi connectivity index (χ2n) is 6.84. The van der Waals surface area contributed by atoms with Gasteiger partial charge in [0.05, 0.1) is 0 Å². The van der Waals surface area contributed by atoms with E-state index in [0.29, 0.717) is 12.1 Å². The molecule has 1 aliphatic carbocycles. The van der Waals surface area contributed by atoms with Gasteiger partial charge >= 0.3 is 0 Å². The van der Waals surface area contributed by atoms with Crippen molar-refractivity contribution < 1.29 is 0 Å². The number of aliphatic imine (C=N–C) groups is 1. The summed E-state index contributed by atoms with van der Waals surface area (Å²) in [5, 5.41) is 7.08. The lowest BCUT2D eigenvalue weighted by molar-refractivity contribution is 0.141. The first kappa shape index (κ1) is 17.0. The Morgan fingerprint density at radius 3 is 2.71 bits per heavy atom. The number of hydrogen-bond donors (Lipinski definition) is 2. The van der Waals surface area contributed by atoms with Gasteiger partial charge in [0.1, 0.15) is 0 Å². The molecule has 1 aliphatic heterocycles. The van der Waals surface area contributed by atoms with E-state index in [1.807, 2.05) is 7.05 Å². The van der Waals surface area contributed by atoms with Gasteiger partial charge in [0, 0.05) is 32.2 Å². The average molecular weight is 326 g/mol. The highest BCUT2D eigenvalue weighted by atomic mass is 15.2. The molecule has 0 bridgehead atoms. The lowest BCUT2D eigenvalue weighted by Gasteiger charge is -2.36. The number of likely N-dealkylation sites (tertiary alicyclic amines) is 1. The minimum Gasteiger partial charge on any atom is -0.355 e. The van der Waals surface area contributed by atoms with Gasteiger partial charge in [-0.05, 0) is 37.8 Å². The molecular weight excluding hydrogens is 296 g/mol. The minimum atomic E-state index is 0.503. The van der Waals surface area contributed by atoms with Crippen molar-refractivity contribution in [2.24, 2.45) is 4.99 Å². The molecule has 1 saturated heterocycles. The predicted molar refractivity (Wildman–Crippen MR) is 101 cm³/mol. The van der Waals surface area contributed by atoms with Crippen LogP contribution in [0.1, 0.15) is 37.7 Å². The van der Waals surface area contributed by atoms with Crippen LogP contribution in [0.25, 0.3) is 0 Å². The first-order valence-electron chi connectivity index (χ1n) is 9.25. The summed E-state index contributed by atoms with van der Waals surface area (Å²) in [5.41, 5.74) is 1.41. The molecule has 3 rings (SSSR count). The van der Waals surface area contributed by atoms with Gasteiger partial charge in [-0.15, -0.1) is 0 Å². The van der Waals surface area contributed by atoms with E-state index < -0.39 is 0 Å². The predicted octanol–water partition coefficient (Wildman–Crippen LogP) is 2.92. The summed E-state index contributed by atoms with van der Waals surface area (Å²) in [6.07, 6.45) is 10.6. The Balaban J connectivity index is 1.51. The third-order valence-corrected chi connectivity index (χ3v) is 5.06. The van der Waals surface area contributed by atoms with Crippen molar-refractivity contribution in [2.45, 2.75) is 50.7 Å². The summed E-state index contributed by atoms with van der Waals surface area (Å²) in [6, 6.07) is 11.9. The average Bonchev–Trinajstić information content (AvgIpc) is 3.14. The van der Waals surface area contributed by atoms with E-state index in [2.05, 4.69) is 63.0 Å². The van der Waals surface area contributed by atoms with Gasteiger partial charge in [-0.2, -0.15) is 0 Å². The normalized spacial score (nSPS) is 22.7. The van der Waals surface area contributed by atoms with E-state index in [9.17, 15) is 0 Å². The molecule has 0 saturated carbocycles. The Morgan fingerprint density at radius 1 is 1.17 bits per heavy atom. The van der Waals surface area contributed by atoms with E-state index in [1.165, 1.54) is 31.4 Å². The Kier molecular flexibility index (Phi) is 6.30. The Bertz CT molecular complexity index is 544. The quantitative estimate of drug-likeness (QED) is 0.496. The molecule has 2 N–H and O–H groups in total. The Hall–Kier alpha value is -1.81. The summed E-state index contributed by atoms with van der Waals surface area (Å²) < 4.78 is 0. The van der Waals surface area contributed by atoms with Crippen molar-refractivity contribution in [3.63, 3.8) is 0 Å². The van der Waals surface area contributed by atoms with Crippen LogP contribution in [0.2, 0.25) is 0 Å². The highest BCUT2D eigenvalue weighted by Crippen LogP contribution is 2.19. The van der Waals surface area contributed by atoms with E-state index in [-0.39, 0.29) is 0 Å². The fourth-order valence-corrected chi connectivity index (χ4v) is 3.65. The SMILES string of the molecule is CN=C(NCC1CCCCN1Cc1ccccc1)NC1CC=CC1. The molecule has 1 fully saturated rings. The number of benzene rings is 1. The van der Waals surface area contributed by atoms with Crippen LogP contribution in [0.5, 0.6) is 0 Å². The molecule has 0 amide bonds. The van der Waals surface area contributed by atoms with Crippen LogP contribution in [-0.4, -0.2) is 43.1 Å². The van der Waals surface area contributed by atoms with Gasteiger partial charge in [0.2, 0.25) is 0 Å². The lowest BCUT2D eigenvalue weighted by Crippen LogP contribution is -2.50. The largest absolute Gasteiger partial charge is 0.355 e. The van der Waals surface area contributed by atoms with Gasteiger partial charge in [0.25, 0.3) is 0 Å². The monoisotopic (exact) mass is 326 g/mol. The summed E-state index contributed by atoms with van der Waals surface area (Å²) in [5.74, 6) is 0.939. The molecular formula is C20H30N4. The lowest BCUT2D eigenvalue weighted by atomic mass is 10.0. The number of hydrogen-bond acceptors (Lipinski definition) is 2. The van der Waals surface area contributed by atoms with E-state index in [1.54, 1.807) is 0 Å². The van der Waals surface area contributed by atoms with Crippen molar-refractivity contribution >= 4 is 5.96 Å². The van der Waals surface area contributed by atoms with Crippen molar-refractivity contribution in [1.29, 1.82) is 0 Å². The van der Waals surface area contributed by atoms with Crippen molar-refractivity contribution in [2.75, 3.05) is 20.1 Å². The van der Waals surface area contributed by atoms with Crippen molar-refractivity contribution in [1.82, 2.24) is 15.5 Å². The van der Waals surface area contributed by atoms with Crippen molar-refractivity contribution in [3.8, 4) is 0 Å². The molecule has 4 nitrogen and oxygen atoms in total. The molecule has 1 aromatic carbocycles. The highest BCUT2D eigenvalue weighted by Gasteiger charge is 2.23. The smallest absolute Gasteiger partial charge is 0.191 e. The summed E-state index contributed by atoms with van der Waals surface area (Å²) >= 11 is 0. The number of nitrogens with one attached hydrogen (secondary N) is 2. The van der Waals surface area contributed by atoms with Crippen molar-refractivity contribution in [3.05, 3.63) is 48.0 Å². The van der Waals surface area contributed by atoms with E-state index in [4.69, 9.17) is 0 Å². The van der Waals surface area contributed by atoms with Crippen LogP contribution in [0.4, 0.5) is 0 Å². The summed E-state index contributed by atoms with van der Waals surface area (Å²) in [6.45, 7) is 3.21. The van der Waals surface area contributed by atoms with E-state index in [0.717, 1.165) is 31.9 Å². The van der Waals surface area contributed by atoms with Crippen LogP contribution in [0.3, 0.4) is 0 Å². The van der Waals surface area contributed by atoms with Gasteiger partial charge < -0.3 is 10.6 Å². The summed E-state index contributed by atoms with van der Waals surface area (Å²) in [4.78, 5) is 7.01. The Morgan fingerprint density at radius 2 is 1.96 bits per heavy atom. The summed E-state index contributed by atoms with van der Waals surface area (Å²) in [7, 11) is 1.86. The molecule has 0 aromatic heterocycles. The molecule has 2 aliphatic rings. The van der Waals surface area contributed by atoms with Crippen LogP contribution in [-0.2, 0) is 6.54 Å². The molecule has 1 heterocycles. The third-order valence-electron chi connectivity index (χ3n) is 5.06. The molecule has 1 atom stereocenters. The number of piperidine rings is 1. The molecule has 130 valence electrons. The first-order chi connectivity index (χ1) is 11.8. The molecule has 1 unspecified atom stereocenters. The maximum absolute atomic E-state index is 4.39. The highest BCUT2D eigenvalue weighted by molar-refractivity contribution is 5.80. The van der Waals surface area contributed by atoms with Crippen LogP contribution in [0.15, 0.2) is 47.5 Å². The molecule has 1 aromatic rings. The third kappa shape index (κ3) is 4.84. The Labute approximate surface area is 146 Å². The maximum Gasteiger partial charge on any atom is 0.191 e. The zero-order valence-corrected chi connectivity index (χ0v) is 14.7. The van der Waals surface area contributed by atoms with Gasteiger partial charge in [-0.25, -0.2) is 0 Å². The number of nitrogens with zero attached hydrogens (tertiary/aromatic N) is 2. The van der Waals surface area contributed by atoms with Crippen LogP contribution >= 0.6 is 0 Å². The van der Waals surface area contributed by atoms with Crippen LogP contribution in [0, 0.1) is 0 Å². The second-order valence-corrected chi connectivity index (χ2v) is 6.84. The fraction of sp³-hybridized carbons (Fsp3) is 0.550. The standard InChI is InChI=1S/C20H30N4/c1-21-20(23-18-11-5-6-12-18)22-15-19-13-7-8-14-24(19)16-17-9-3-2-4-10-17/h2-6,9-10,18-19H,7-8,11-16H2,1H3,(H2,21,22,23). The molecule has 0 spiro atoms. The molecule has 0 radical (unpaired) electrons. The van der Waals surface area contributed by atoms with Gasteiger partial charge in [-0.1, -0.05) is 48.9 Å². The second kappa shape index (κ2) is 8.88. The van der Waals surface area contributed by atoms with E-state index >= 15 is 0 Å². The van der Waals surface area contributed by atoms with Gasteiger partial charge in [0.15, 0.2) is 5.96 Å². The molecule has 4 heteroatoms. The zero-order valence-electron chi connectivity index (χ0n) is 14.7. The zero-order chi connectivity index (χ0) is 16.6. The first-order valence-corrected chi connectivity index (χ1v) is 9.25. The fourth-order valence-electron chi connectivity index (χ4n) is 3.65. The molecule has 24 heavy (non-hydrogen) atoms. The minimum absolute atomic E-state index is 0.503. The topological polar surface area (TPSA) is 39.7 Å². The van der Waals surface area contributed by atoms with Crippen LogP contribution < -0.4 is 10.6 Å². The van der Waals surface area contributed by atoms with Gasteiger partial charge in [-0.3, -0.25) is 9.89 Å². The number of guanidine groups is 1. The maximum atomic E-state index is 4.39. The number of rotatable bonds is 5.